The molecule has 2 fully saturated rings. The van der Waals surface area contributed by atoms with Crippen LogP contribution < -0.4 is 4.90 Å². The van der Waals surface area contributed by atoms with Gasteiger partial charge in [0, 0.05) is 32.6 Å². The summed E-state index contributed by atoms with van der Waals surface area (Å²) in [6.45, 7) is 7.57. The van der Waals surface area contributed by atoms with Crippen molar-refractivity contribution in [2.75, 3.05) is 31.1 Å². The van der Waals surface area contributed by atoms with E-state index in [0.717, 1.165) is 4.90 Å². The smallest absolute Gasteiger partial charge is 0.410 e. The first-order valence-corrected chi connectivity index (χ1v) is 11.3. The van der Waals surface area contributed by atoms with Gasteiger partial charge in [0.1, 0.15) is 15.2 Å². The highest BCUT2D eigenvalue weighted by Crippen LogP contribution is 2.34. The number of carbonyl (C=O) groups excluding carboxylic acids is 3. The zero-order chi connectivity index (χ0) is 22.1. The second kappa shape index (κ2) is 9.11. The molecule has 30 heavy (non-hydrogen) atoms. The quantitative estimate of drug-likeness (QED) is 0.484. The molecule has 0 unspecified atom stereocenters. The Morgan fingerprint density at radius 1 is 1.13 bits per heavy atom. The molecule has 2 heterocycles. The average Bonchev–Trinajstić information content (AvgIpc) is 2.94. The van der Waals surface area contributed by atoms with Crippen LogP contribution in [-0.2, 0) is 14.3 Å². The van der Waals surface area contributed by atoms with Crippen molar-refractivity contribution < 1.29 is 19.1 Å². The Labute approximate surface area is 190 Å². The molecule has 162 valence electrons. The second-order valence-corrected chi connectivity index (χ2v) is 10.3. The third kappa shape index (κ3) is 5.25. The predicted octanol–water partition coefficient (Wildman–Crippen LogP) is 3.54. The largest absolute Gasteiger partial charge is 0.444 e. The molecule has 2 saturated heterocycles. The van der Waals surface area contributed by atoms with Gasteiger partial charge in [0.2, 0.25) is 11.8 Å². The van der Waals surface area contributed by atoms with Gasteiger partial charge in [-0.3, -0.25) is 9.59 Å². The number of hydrogen-bond acceptors (Lipinski definition) is 6. The molecule has 1 atom stereocenters. The third-order valence-corrected chi connectivity index (χ3v) is 6.61. The van der Waals surface area contributed by atoms with E-state index in [-0.39, 0.29) is 24.3 Å². The Balaban J connectivity index is 1.56. The van der Waals surface area contributed by atoms with Crippen LogP contribution in [-0.4, -0.2) is 69.1 Å². The molecular formula is C20H24ClN3O4S2. The van der Waals surface area contributed by atoms with Crippen molar-refractivity contribution in [3.63, 3.8) is 0 Å². The van der Waals surface area contributed by atoms with Crippen molar-refractivity contribution in [2.24, 2.45) is 0 Å². The molecule has 0 aliphatic carbocycles. The number of piperazine rings is 1. The van der Waals surface area contributed by atoms with E-state index in [4.69, 9.17) is 28.6 Å². The van der Waals surface area contributed by atoms with Gasteiger partial charge >= 0.3 is 6.09 Å². The molecule has 0 saturated carbocycles. The summed E-state index contributed by atoms with van der Waals surface area (Å²) >= 11 is 12.9. The standard InChI is InChI=1S/C20H24ClN3O4S2/c1-20(2,3)28-18(27)22-8-10-23(11-9-22)19(29)30-15-12-16(25)24(17(15)26)14-7-5-4-6-13(14)21/h4-7,15H,8-12H2,1-3H3/t15-/m0/s1. The van der Waals surface area contributed by atoms with Crippen LogP contribution in [0, 0.1) is 0 Å². The van der Waals surface area contributed by atoms with Crippen LogP contribution >= 0.6 is 35.6 Å². The third-order valence-electron chi connectivity index (χ3n) is 4.63. The number of rotatable bonds is 2. The Morgan fingerprint density at radius 3 is 2.33 bits per heavy atom. The van der Waals surface area contributed by atoms with Gasteiger partial charge in [-0.2, -0.15) is 0 Å². The van der Waals surface area contributed by atoms with E-state index >= 15 is 0 Å². The number of carbonyl (C=O) groups is 3. The van der Waals surface area contributed by atoms with Crippen LogP contribution in [0.4, 0.5) is 10.5 Å². The molecule has 3 amide bonds. The van der Waals surface area contributed by atoms with Gasteiger partial charge < -0.3 is 14.5 Å². The molecule has 10 heteroatoms. The monoisotopic (exact) mass is 469 g/mol. The van der Waals surface area contributed by atoms with Gasteiger partial charge in [-0.1, -0.05) is 47.7 Å². The Kier molecular flexibility index (Phi) is 6.94. The molecule has 2 aliphatic heterocycles. The van der Waals surface area contributed by atoms with Crippen LogP contribution in [0.2, 0.25) is 5.02 Å². The summed E-state index contributed by atoms with van der Waals surface area (Å²) in [5, 5.41) is -0.226. The molecule has 0 bridgehead atoms. The summed E-state index contributed by atoms with van der Waals surface area (Å²) in [6, 6.07) is 6.78. The summed E-state index contributed by atoms with van der Waals surface area (Å²) in [7, 11) is 0. The van der Waals surface area contributed by atoms with Crippen molar-refractivity contribution in [1.82, 2.24) is 9.80 Å². The van der Waals surface area contributed by atoms with Crippen molar-refractivity contribution in [2.45, 2.75) is 38.0 Å². The maximum atomic E-state index is 12.8. The van der Waals surface area contributed by atoms with Crippen molar-refractivity contribution in [3.05, 3.63) is 29.3 Å². The number of imide groups is 1. The van der Waals surface area contributed by atoms with Gasteiger partial charge in [0.15, 0.2) is 0 Å². The Hall–Kier alpha value is -1.84. The fourth-order valence-corrected chi connectivity index (χ4v) is 4.94. The molecule has 0 radical (unpaired) electrons. The summed E-state index contributed by atoms with van der Waals surface area (Å²) in [5.41, 5.74) is -0.142. The lowest BCUT2D eigenvalue weighted by Crippen LogP contribution is -2.51. The Morgan fingerprint density at radius 2 is 1.73 bits per heavy atom. The van der Waals surface area contributed by atoms with Gasteiger partial charge in [-0.15, -0.1) is 0 Å². The second-order valence-electron chi connectivity index (χ2n) is 8.05. The lowest BCUT2D eigenvalue weighted by molar-refractivity contribution is -0.121. The summed E-state index contributed by atoms with van der Waals surface area (Å²) < 4.78 is 5.95. The fourth-order valence-electron chi connectivity index (χ4n) is 3.18. The van der Waals surface area contributed by atoms with E-state index in [9.17, 15) is 14.4 Å². The normalized spacial score (nSPS) is 20.0. The number of ether oxygens (including phenoxy) is 1. The minimum absolute atomic E-state index is 0.0761. The van der Waals surface area contributed by atoms with Crippen molar-refractivity contribution in [1.29, 1.82) is 0 Å². The maximum Gasteiger partial charge on any atom is 0.410 e. The molecule has 1 aromatic carbocycles. The molecule has 0 spiro atoms. The van der Waals surface area contributed by atoms with E-state index in [1.807, 2.05) is 25.7 Å². The molecule has 0 aromatic heterocycles. The number of benzene rings is 1. The summed E-state index contributed by atoms with van der Waals surface area (Å²) in [6.07, 6.45) is -0.264. The minimum atomic E-state index is -0.579. The molecule has 7 nitrogen and oxygen atoms in total. The number of thioether (sulfide) groups is 1. The van der Waals surface area contributed by atoms with Crippen LogP contribution in [0.25, 0.3) is 0 Å². The van der Waals surface area contributed by atoms with Gasteiger partial charge in [-0.25, -0.2) is 9.69 Å². The van der Waals surface area contributed by atoms with E-state index in [2.05, 4.69) is 0 Å². The highest BCUT2D eigenvalue weighted by atomic mass is 35.5. The number of para-hydroxylation sites is 1. The number of hydrogen-bond donors (Lipinski definition) is 0. The first-order chi connectivity index (χ1) is 14.1. The summed E-state index contributed by atoms with van der Waals surface area (Å²) in [5.74, 6) is -0.601. The minimum Gasteiger partial charge on any atom is -0.444 e. The number of anilines is 1. The van der Waals surface area contributed by atoms with Crippen LogP contribution in [0.5, 0.6) is 0 Å². The highest BCUT2D eigenvalue weighted by molar-refractivity contribution is 8.23. The predicted molar refractivity (Wildman–Crippen MR) is 122 cm³/mol. The average molecular weight is 470 g/mol. The lowest BCUT2D eigenvalue weighted by atomic mass is 10.2. The Bertz CT molecular complexity index is 866. The fraction of sp³-hybridized carbons (Fsp3) is 0.500. The topological polar surface area (TPSA) is 70.2 Å². The van der Waals surface area contributed by atoms with Gasteiger partial charge in [-0.05, 0) is 32.9 Å². The van der Waals surface area contributed by atoms with Crippen LogP contribution in [0.3, 0.4) is 0 Å². The van der Waals surface area contributed by atoms with E-state index in [1.165, 1.54) is 11.8 Å². The number of amides is 3. The van der Waals surface area contributed by atoms with Gasteiger partial charge in [0.05, 0.1) is 10.7 Å². The zero-order valence-corrected chi connectivity index (χ0v) is 19.5. The van der Waals surface area contributed by atoms with Gasteiger partial charge in [0.25, 0.3) is 0 Å². The lowest BCUT2D eigenvalue weighted by Gasteiger charge is -2.36. The maximum absolute atomic E-state index is 12.8. The highest BCUT2D eigenvalue weighted by Gasteiger charge is 2.42. The van der Waals surface area contributed by atoms with Crippen LogP contribution in [0.15, 0.2) is 24.3 Å². The zero-order valence-electron chi connectivity index (χ0n) is 17.1. The first kappa shape index (κ1) is 22.8. The first-order valence-electron chi connectivity index (χ1n) is 9.61. The molecule has 0 N–H and O–H groups in total. The van der Waals surface area contributed by atoms with Crippen LogP contribution in [0.1, 0.15) is 27.2 Å². The molecule has 1 aromatic rings. The van der Waals surface area contributed by atoms with Crippen molar-refractivity contribution in [3.8, 4) is 0 Å². The number of nitrogens with zero attached hydrogens (tertiary/aromatic N) is 3. The van der Waals surface area contributed by atoms with Crippen molar-refractivity contribution >= 4 is 63.5 Å². The molecule has 3 rings (SSSR count). The summed E-state index contributed by atoms with van der Waals surface area (Å²) in [4.78, 5) is 42.2. The van der Waals surface area contributed by atoms with E-state index in [1.54, 1.807) is 29.2 Å². The number of thiocarbonyl (C=S) groups is 1. The molecule has 2 aliphatic rings. The SMILES string of the molecule is CC(C)(C)OC(=O)N1CCN(C(=S)S[C@H]2CC(=O)N(c3ccccc3Cl)C2=O)CC1. The van der Waals surface area contributed by atoms with E-state index in [0.29, 0.717) is 41.2 Å². The molecular weight excluding hydrogens is 446 g/mol. The number of halogens is 1. The van der Waals surface area contributed by atoms with E-state index < -0.39 is 10.9 Å².